The molecule has 0 atom stereocenters. The molecule has 1 amide bonds. The van der Waals surface area contributed by atoms with Gasteiger partial charge in [0.25, 0.3) is 5.91 Å². The monoisotopic (exact) mass is 574 g/mol. The molecule has 11 nitrogen and oxygen atoms in total. The number of amides is 1. The molecule has 210 valence electrons. The fourth-order valence-electron chi connectivity index (χ4n) is 4.42. The molecule has 2 aromatic carbocycles. The van der Waals surface area contributed by atoms with Gasteiger partial charge < -0.3 is 18.6 Å². The average molecular weight is 575 g/mol. The summed E-state index contributed by atoms with van der Waals surface area (Å²) in [6.45, 7) is 3.54. The van der Waals surface area contributed by atoms with Gasteiger partial charge in [0, 0.05) is 17.8 Å². The molecule has 3 heterocycles. The lowest BCUT2D eigenvalue weighted by Crippen LogP contribution is -2.30. The van der Waals surface area contributed by atoms with Gasteiger partial charge in [-0.3, -0.25) is 15.0 Å². The van der Waals surface area contributed by atoms with E-state index in [0.29, 0.717) is 45.5 Å². The standard InChI is InChI=1S/C29H26N4O7S/c1-18-13-20(27-15-25(32-40-27)26-11-6-19(2)39-26)14-24(29(34)31-35)28(18)33(21-5-4-12-30-16-21)17-41(36,37)23-9-7-22(38-3)8-10-23/h4-16,35H,17H2,1-3H3,(H,31,34). The number of benzene rings is 2. The summed E-state index contributed by atoms with van der Waals surface area (Å²) in [7, 11) is -2.43. The molecule has 41 heavy (non-hydrogen) atoms. The number of furan rings is 1. The fourth-order valence-corrected chi connectivity index (χ4v) is 5.74. The number of hydrogen-bond donors (Lipinski definition) is 2. The maximum absolute atomic E-state index is 13.6. The molecule has 0 aliphatic rings. The minimum Gasteiger partial charge on any atom is -0.497 e. The molecule has 12 heteroatoms. The van der Waals surface area contributed by atoms with Crippen LogP contribution in [0.25, 0.3) is 22.8 Å². The van der Waals surface area contributed by atoms with Gasteiger partial charge in [-0.2, -0.15) is 0 Å². The van der Waals surface area contributed by atoms with Crippen LogP contribution in [0.3, 0.4) is 0 Å². The third kappa shape index (κ3) is 5.69. The zero-order valence-electron chi connectivity index (χ0n) is 22.4. The van der Waals surface area contributed by atoms with Gasteiger partial charge in [-0.15, -0.1) is 0 Å². The predicted octanol–water partition coefficient (Wildman–Crippen LogP) is 5.31. The van der Waals surface area contributed by atoms with Crippen molar-refractivity contribution >= 4 is 27.1 Å². The SMILES string of the molecule is COc1ccc(S(=O)(=O)CN(c2cccnc2)c2c(C)cc(-c3cc(-c4ccc(C)o4)no3)cc2C(=O)NO)cc1. The predicted molar refractivity (Wildman–Crippen MR) is 150 cm³/mol. The number of sulfone groups is 1. The Bertz CT molecular complexity index is 1800. The summed E-state index contributed by atoms with van der Waals surface area (Å²) in [6.07, 6.45) is 3.05. The van der Waals surface area contributed by atoms with Crippen LogP contribution in [0, 0.1) is 13.8 Å². The van der Waals surface area contributed by atoms with Crippen molar-refractivity contribution in [1.82, 2.24) is 15.6 Å². The number of carbonyl (C=O) groups is 1. The van der Waals surface area contributed by atoms with Gasteiger partial charge in [0.15, 0.2) is 21.4 Å². The van der Waals surface area contributed by atoms with E-state index in [4.69, 9.17) is 13.7 Å². The first-order valence-electron chi connectivity index (χ1n) is 12.4. The molecule has 5 aromatic rings. The van der Waals surface area contributed by atoms with Crippen LogP contribution in [0.5, 0.6) is 5.75 Å². The molecule has 0 aliphatic heterocycles. The fraction of sp³-hybridized carbons (Fsp3) is 0.138. The van der Waals surface area contributed by atoms with E-state index in [2.05, 4.69) is 10.1 Å². The van der Waals surface area contributed by atoms with E-state index in [1.54, 1.807) is 67.1 Å². The number of hydrogen-bond acceptors (Lipinski definition) is 10. The summed E-state index contributed by atoms with van der Waals surface area (Å²) in [5.41, 5.74) is 3.82. The van der Waals surface area contributed by atoms with Crippen molar-refractivity contribution in [3.63, 3.8) is 0 Å². The van der Waals surface area contributed by atoms with E-state index < -0.39 is 21.6 Å². The average Bonchev–Trinajstić information content (AvgIpc) is 3.65. The van der Waals surface area contributed by atoms with Crippen molar-refractivity contribution in [1.29, 1.82) is 0 Å². The normalized spacial score (nSPS) is 11.3. The van der Waals surface area contributed by atoms with E-state index in [0.717, 1.165) is 0 Å². The summed E-state index contributed by atoms with van der Waals surface area (Å²) >= 11 is 0. The molecule has 0 fully saturated rings. The minimum absolute atomic E-state index is 0.00285. The summed E-state index contributed by atoms with van der Waals surface area (Å²) in [5.74, 6) is 0.717. The number of methoxy groups -OCH3 is 1. The number of pyridine rings is 1. The first-order valence-corrected chi connectivity index (χ1v) is 14.0. The van der Waals surface area contributed by atoms with Gasteiger partial charge >= 0.3 is 0 Å². The lowest BCUT2D eigenvalue weighted by molar-refractivity contribution is 0.0707. The Morgan fingerprint density at radius 1 is 1.05 bits per heavy atom. The van der Waals surface area contributed by atoms with Gasteiger partial charge in [-0.1, -0.05) is 5.16 Å². The van der Waals surface area contributed by atoms with Gasteiger partial charge in [-0.05, 0) is 80.1 Å². The van der Waals surface area contributed by atoms with Crippen LogP contribution in [0.2, 0.25) is 0 Å². The Kier molecular flexibility index (Phi) is 7.60. The van der Waals surface area contributed by atoms with Gasteiger partial charge in [0.2, 0.25) is 0 Å². The summed E-state index contributed by atoms with van der Waals surface area (Å²) in [5, 5.41) is 13.7. The van der Waals surface area contributed by atoms with Crippen LogP contribution in [0.1, 0.15) is 21.7 Å². The Balaban J connectivity index is 1.62. The van der Waals surface area contributed by atoms with Crippen molar-refractivity contribution in [2.75, 3.05) is 17.9 Å². The molecule has 0 aliphatic carbocycles. The number of ether oxygens (including phenoxy) is 1. The first kappa shape index (κ1) is 27.6. The maximum Gasteiger partial charge on any atom is 0.276 e. The van der Waals surface area contributed by atoms with E-state index in [1.165, 1.54) is 36.4 Å². The second-order valence-corrected chi connectivity index (χ2v) is 11.1. The van der Waals surface area contributed by atoms with E-state index in [-0.39, 0.29) is 16.1 Å². The van der Waals surface area contributed by atoms with Crippen molar-refractivity contribution in [3.8, 4) is 28.5 Å². The van der Waals surface area contributed by atoms with E-state index >= 15 is 0 Å². The molecule has 0 radical (unpaired) electrons. The van der Waals surface area contributed by atoms with Crippen LogP contribution in [-0.4, -0.2) is 42.7 Å². The molecular formula is C29H26N4O7S. The van der Waals surface area contributed by atoms with Crippen molar-refractivity contribution in [2.45, 2.75) is 18.7 Å². The van der Waals surface area contributed by atoms with Crippen LogP contribution in [0.4, 0.5) is 11.4 Å². The van der Waals surface area contributed by atoms with Crippen molar-refractivity contribution < 1.29 is 32.1 Å². The number of nitrogens with one attached hydrogen (secondary N) is 1. The number of carbonyl (C=O) groups excluding carboxylic acids is 1. The zero-order chi connectivity index (χ0) is 29.1. The molecule has 0 bridgehead atoms. The van der Waals surface area contributed by atoms with E-state index in [9.17, 15) is 18.4 Å². The van der Waals surface area contributed by atoms with Crippen LogP contribution in [0.15, 0.2) is 93.0 Å². The Labute approximate surface area is 235 Å². The second kappa shape index (κ2) is 11.3. The third-order valence-corrected chi connectivity index (χ3v) is 7.97. The molecule has 0 saturated heterocycles. The summed E-state index contributed by atoms with van der Waals surface area (Å²) in [6, 6.07) is 17.8. The number of rotatable bonds is 9. The smallest absolute Gasteiger partial charge is 0.276 e. The molecule has 3 aromatic heterocycles. The van der Waals surface area contributed by atoms with Crippen molar-refractivity contribution in [3.05, 3.63) is 96.0 Å². The van der Waals surface area contributed by atoms with Gasteiger partial charge in [-0.25, -0.2) is 13.9 Å². The maximum atomic E-state index is 13.6. The number of nitrogens with zero attached hydrogens (tertiary/aromatic N) is 3. The number of aromatic nitrogens is 2. The van der Waals surface area contributed by atoms with E-state index in [1.807, 2.05) is 6.92 Å². The highest BCUT2D eigenvalue weighted by molar-refractivity contribution is 7.91. The summed E-state index contributed by atoms with van der Waals surface area (Å²) in [4.78, 5) is 18.7. The quantitative estimate of drug-likeness (QED) is 0.175. The highest BCUT2D eigenvalue weighted by Gasteiger charge is 2.28. The number of anilines is 2. The van der Waals surface area contributed by atoms with Crippen LogP contribution < -0.4 is 15.1 Å². The Hall–Kier alpha value is -4.94. The highest BCUT2D eigenvalue weighted by Crippen LogP contribution is 2.37. The zero-order valence-corrected chi connectivity index (χ0v) is 23.2. The van der Waals surface area contributed by atoms with Gasteiger partial charge in [0.05, 0.1) is 35.1 Å². The van der Waals surface area contributed by atoms with Crippen molar-refractivity contribution in [2.24, 2.45) is 0 Å². The minimum atomic E-state index is -3.92. The summed E-state index contributed by atoms with van der Waals surface area (Å²) < 4.78 is 43.5. The van der Waals surface area contributed by atoms with Crippen LogP contribution in [-0.2, 0) is 9.84 Å². The molecule has 0 saturated carbocycles. The largest absolute Gasteiger partial charge is 0.497 e. The first-order chi connectivity index (χ1) is 19.7. The third-order valence-electron chi connectivity index (χ3n) is 6.38. The highest BCUT2D eigenvalue weighted by atomic mass is 32.2. The van der Waals surface area contributed by atoms with Crippen LogP contribution >= 0.6 is 0 Å². The lowest BCUT2D eigenvalue weighted by atomic mass is 10.00. The molecule has 2 N–H and O–H groups in total. The molecule has 5 rings (SSSR count). The topological polar surface area (TPSA) is 148 Å². The second-order valence-electron chi connectivity index (χ2n) is 9.18. The Morgan fingerprint density at radius 2 is 1.83 bits per heavy atom. The number of hydroxylamine groups is 1. The lowest BCUT2D eigenvalue weighted by Gasteiger charge is -2.28. The molecule has 0 unspecified atom stereocenters. The Morgan fingerprint density at radius 3 is 2.46 bits per heavy atom. The number of aryl methyl sites for hydroxylation is 2. The van der Waals surface area contributed by atoms with Gasteiger partial charge in [0.1, 0.15) is 23.1 Å². The molecule has 0 spiro atoms. The molecular weight excluding hydrogens is 548 g/mol.